The lowest BCUT2D eigenvalue weighted by molar-refractivity contribution is -0.121. The minimum absolute atomic E-state index is 0.213. The Morgan fingerprint density at radius 1 is 1.50 bits per heavy atom. The number of halogens is 2. The molecule has 8 heteroatoms. The molecule has 2 amide bonds. The number of rotatable bonds is 3. The minimum atomic E-state index is -1.48. The van der Waals surface area contributed by atoms with Crippen LogP contribution < -0.4 is 16.0 Å². The second-order valence-electron chi connectivity index (χ2n) is 4.47. The highest BCUT2D eigenvalue weighted by molar-refractivity contribution is 9.10. The van der Waals surface area contributed by atoms with Gasteiger partial charge in [0.15, 0.2) is 0 Å². The van der Waals surface area contributed by atoms with Crippen molar-refractivity contribution in [2.24, 2.45) is 0 Å². The Morgan fingerprint density at radius 3 is 2.90 bits per heavy atom. The van der Waals surface area contributed by atoms with Crippen molar-refractivity contribution in [2.45, 2.75) is 25.2 Å². The summed E-state index contributed by atoms with van der Waals surface area (Å²) >= 11 is 3.18. The highest BCUT2D eigenvalue weighted by Crippen LogP contribution is 2.15. The Hall–Kier alpha value is -1.54. The van der Waals surface area contributed by atoms with Gasteiger partial charge in [-0.1, -0.05) is 6.07 Å². The van der Waals surface area contributed by atoms with Crippen molar-refractivity contribution in [3.63, 3.8) is 0 Å². The summed E-state index contributed by atoms with van der Waals surface area (Å²) < 4.78 is 14.6. The molecule has 2 rings (SSSR count). The summed E-state index contributed by atoms with van der Waals surface area (Å²) in [7, 11) is 0. The Kier molecular flexibility index (Phi) is 4.66. The monoisotopic (exact) mass is 344 g/mol. The van der Waals surface area contributed by atoms with Crippen LogP contribution in [0.1, 0.15) is 6.92 Å². The van der Waals surface area contributed by atoms with E-state index in [2.05, 4.69) is 36.9 Å². The second-order valence-corrected chi connectivity index (χ2v) is 5.28. The highest BCUT2D eigenvalue weighted by atomic mass is 79.9. The van der Waals surface area contributed by atoms with Gasteiger partial charge in [0.2, 0.25) is 11.8 Å². The van der Waals surface area contributed by atoms with E-state index in [1.165, 1.54) is 6.92 Å². The van der Waals surface area contributed by atoms with E-state index in [1.54, 1.807) is 18.2 Å². The molecule has 1 aliphatic rings. The van der Waals surface area contributed by atoms with Gasteiger partial charge in [0, 0.05) is 13.5 Å². The van der Waals surface area contributed by atoms with Crippen molar-refractivity contribution in [1.29, 1.82) is 0 Å². The molecule has 1 aromatic rings. The molecule has 2 heterocycles. The first-order valence-corrected chi connectivity index (χ1v) is 6.84. The molecule has 0 spiro atoms. The van der Waals surface area contributed by atoms with E-state index in [9.17, 15) is 14.0 Å². The number of aromatic nitrogens is 1. The third kappa shape index (κ3) is 3.51. The molecule has 0 radical (unpaired) electrons. The van der Waals surface area contributed by atoms with Gasteiger partial charge in [0.25, 0.3) is 0 Å². The second kappa shape index (κ2) is 6.27. The van der Waals surface area contributed by atoms with Crippen LogP contribution >= 0.6 is 15.9 Å². The van der Waals surface area contributed by atoms with Crippen LogP contribution in [0.4, 0.5) is 10.2 Å². The zero-order chi connectivity index (χ0) is 14.7. The Morgan fingerprint density at radius 2 is 2.25 bits per heavy atom. The van der Waals surface area contributed by atoms with Crippen LogP contribution in [0.2, 0.25) is 0 Å². The van der Waals surface area contributed by atoms with Gasteiger partial charge in [-0.2, -0.15) is 0 Å². The maximum absolute atomic E-state index is 14.1. The van der Waals surface area contributed by atoms with E-state index in [0.717, 1.165) is 0 Å². The molecule has 0 unspecified atom stereocenters. The smallest absolute Gasteiger partial charge is 0.245 e. The number of amides is 2. The van der Waals surface area contributed by atoms with E-state index in [1.807, 2.05) is 0 Å². The zero-order valence-corrected chi connectivity index (χ0v) is 12.3. The minimum Gasteiger partial charge on any atom is -0.349 e. The van der Waals surface area contributed by atoms with Crippen LogP contribution in [0.15, 0.2) is 22.8 Å². The molecule has 1 aromatic heterocycles. The van der Waals surface area contributed by atoms with Crippen LogP contribution in [-0.2, 0) is 9.59 Å². The van der Waals surface area contributed by atoms with E-state index < -0.39 is 24.2 Å². The first kappa shape index (κ1) is 14.9. The van der Waals surface area contributed by atoms with E-state index in [4.69, 9.17) is 0 Å². The van der Waals surface area contributed by atoms with E-state index in [0.29, 0.717) is 10.4 Å². The number of alkyl halides is 1. The van der Waals surface area contributed by atoms with Gasteiger partial charge in [-0.05, 0) is 28.1 Å². The number of anilines is 1. The summed E-state index contributed by atoms with van der Waals surface area (Å²) in [6, 6.07) is 3.33. The van der Waals surface area contributed by atoms with Crippen molar-refractivity contribution < 1.29 is 14.0 Å². The molecule has 1 fully saturated rings. The summed E-state index contributed by atoms with van der Waals surface area (Å²) in [6.45, 7) is 1.52. The first-order valence-electron chi connectivity index (χ1n) is 6.05. The van der Waals surface area contributed by atoms with Crippen molar-refractivity contribution in [1.82, 2.24) is 15.6 Å². The molecule has 20 heavy (non-hydrogen) atoms. The van der Waals surface area contributed by atoms with Gasteiger partial charge < -0.3 is 16.0 Å². The first-order chi connectivity index (χ1) is 9.47. The van der Waals surface area contributed by atoms with Gasteiger partial charge >= 0.3 is 0 Å². The topological polar surface area (TPSA) is 83.1 Å². The standard InChI is InChI=1S/C12H14BrFN4O2/c1-6(19)16-7-5-15-11(10(7)14)12(20)18-9-4-2-3-8(13)17-9/h2-4,7,10-11,15H,5H2,1H3,(H,16,19)(H,17,18,20)/t7-,10+,11+/m1/s1. The van der Waals surface area contributed by atoms with Crippen LogP contribution in [0.3, 0.4) is 0 Å². The summed E-state index contributed by atoms with van der Waals surface area (Å²) in [5, 5.41) is 7.76. The molecule has 0 aromatic carbocycles. The molecule has 1 saturated heterocycles. The molecule has 1 aliphatic heterocycles. The zero-order valence-electron chi connectivity index (χ0n) is 10.7. The highest BCUT2D eigenvalue weighted by Gasteiger charge is 2.40. The van der Waals surface area contributed by atoms with Crippen LogP contribution in [0.25, 0.3) is 0 Å². The Bertz CT molecular complexity index is 528. The molecule has 3 N–H and O–H groups in total. The van der Waals surface area contributed by atoms with Gasteiger partial charge in [-0.25, -0.2) is 9.37 Å². The van der Waals surface area contributed by atoms with Gasteiger partial charge in [-0.15, -0.1) is 0 Å². The number of hydrogen-bond donors (Lipinski definition) is 3. The normalized spacial score (nSPS) is 25.2. The lowest BCUT2D eigenvalue weighted by atomic mass is 10.1. The predicted molar refractivity (Wildman–Crippen MR) is 74.9 cm³/mol. The molecular formula is C12H14BrFN4O2. The fourth-order valence-corrected chi connectivity index (χ4v) is 2.37. The molecule has 3 atom stereocenters. The fraction of sp³-hybridized carbons (Fsp3) is 0.417. The van der Waals surface area contributed by atoms with Gasteiger partial charge in [0.1, 0.15) is 22.6 Å². The molecule has 108 valence electrons. The lowest BCUT2D eigenvalue weighted by Gasteiger charge is -2.16. The van der Waals surface area contributed by atoms with Gasteiger partial charge in [0.05, 0.1) is 6.04 Å². The summed E-state index contributed by atoms with van der Waals surface area (Å²) in [5.41, 5.74) is 0. The third-order valence-corrected chi connectivity index (χ3v) is 3.34. The molecule has 0 saturated carbocycles. The van der Waals surface area contributed by atoms with Crippen LogP contribution in [0.5, 0.6) is 0 Å². The van der Waals surface area contributed by atoms with Crippen molar-refractivity contribution >= 4 is 33.6 Å². The van der Waals surface area contributed by atoms with Crippen LogP contribution in [0, 0.1) is 0 Å². The van der Waals surface area contributed by atoms with Gasteiger partial charge in [-0.3, -0.25) is 9.59 Å². The van der Waals surface area contributed by atoms with Crippen molar-refractivity contribution in [3.8, 4) is 0 Å². The maximum Gasteiger partial charge on any atom is 0.245 e. The maximum atomic E-state index is 14.1. The Balaban J connectivity index is 1.98. The number of hydrogen-bond acceptors (Lipinski definition) is 4. The number of carbonyl (C=O) groups excluding carboxylic acids is 2. The summed E-state index contributed by atoms with van der Waals surface area (Å²) in [5.74, 6) is -0.508. The van der Waals surface area contributed by atoms with Crippen molar-refractivity contribution in [3.05, 3.63) is 22.8 Å². The quantitative estimate of drug-likeness (QED) is 0.701. The largest absolute Gasteiger partial charge is 0.349 e. The molecule has 6 nitrogen and oxygen atoms in total. The average molecular weight is 345 g/mol. The number of nitrogens with zero attached hydrogens (tertiary/aromatic N) is 1. The summed E-state index contributed by atoms with van der Waals surface area (Å²) in [6.07, 6.45) is -1.48. The van der Waals surface area contributed by atoms with E-state index in [-0.39, 0.29) is 12.5 Å². The lowest BCUT2D eigenvalue weighted by Crippen LogP contribution is -2.45. The Labute approximate surface area is 123 Å². The molecule has 0 bridgehead atoms. The fourth-order valence-electron chi connectivity index (χ4n) is 2.02. The van der Waals surface area contributed by atoms with Crippen molar-refractivity contribution in [2.75, 3.05) is 11.9 Å². The molecular weight excluding hydrogens is 331 g/mol. The summed E-state index contributed by atoms with van der Waals surface area (Å²) in [4.78, 5) is 27.0. The number of pyridine rings is 1. The predicted octanol–water partition coefficient (Wildman–Crippen LogP) is 0.597. The van der Waals surface area contributed by atoms with E-state index >= 15 is 0 Å². The van der Waals surface area contributed by atoms with Crippen LogP contribution in [-0.4, -0.2) is 41.6 Å². The number of carbonyl (C=O) groups is 2. The number of nitrogens with one attached hydrogen (secondary N) is 3. The third-order valence-electron chi connectivity index (χ3n) is 2.90. The molecule has 0 aliphatic carbocycles. The average Bonchev–Trinajstić information content (AvgIpc) is 2.70. The SMILES string of the molecule is CC(=O)N[C@@H]1CN[C@H](C(=O)Nc2cccc(Br)n2)[C@H]1F.